The summed E-state index contributed by atoms with van der Waals surface area (Å²) in [6, 6.07) is 53.3. The molecule has 0 atom stereocenters. The van der Waals surface area contributed by atoms with E-state index in [1.807, 2.05) is 92.0 Å². The zero-order valence-corrected chi connectivity index (χ0v) is 28.4. The number of imidazole rings is 1. The van der Waals surface area contributed by atoms with Gasteiger partial charge in [-0.3, -0.25) is 9.97 Å². The molecule has 48 heavy (non-hydrogen) atoms. The first-order valence-electron chi connectivity index (χ1n) is 15.4. The molecule has 0 saturated carbocycles. The van der Waals surface area contributed by atoms with Gasteiger partial charge in [-0.25, -0.2) is 0 Å². The summed E-state index contributed by atoms with van der Waals surface area (Å²) >= 11 is 0. The molecule has 4 aromatic heterocycles. The number of aryl methyl sites for hydroxylation is 1. The van der Waals surface area contributed by atoms with Crippen LogP contribution in [-0.4, -0.2) is 19.5 Å². The predicted molar refractivity (Wildman–Crippen MR) is 189 cm³/mol. The summed E-state index contributed by atoms with van der Waals surface area (Å²) in [5.41, 5.74) is 10.6. The van der Waals surface area contributed by atoms with Gasteiger partial charge in [0.2, 0.25) is 0 Å². The maximum absolute atomic E-state index is 6.51. The zero-order valence-electron chi connectivity index (χ0n) is 26.0. The van der Waals surface area contributed by atoms with Crippen molar-refractivity contribution >= 4 is 33.0 Å². The quantitative estimate of drug-likeness (QED) is 0.167. The fourth-order valence-electron chi connectivity index (χ4n) is 5.88. The predicted octanol–water partition coefficient (Wildman–Crippen LogP) is 10.3. The van der Waals surface area contributed by atoms with Gasteiger partial charge in [0.25, 0.3) is 0 Å². The molecule has 9 aromatic rings. The number of aromatic nitrogens is 4. The van der Waals surface area contributed by atoms with Crippen LogP contribution in [0.25, 0.3) is 72.4 Å². The van der Waals surface area contributed by atoms with E-state index in [1.165, 1.54) is 0 Å². The van der Waals surface area contributed by atoms with Gasteiger partial charge in [-0.15, -0.1) is 54.1 Å². The Morgan fingerprint density at radius 1 is 0.667 bits per heavy atom. The standard InChI is InChI=1S/C31H20N3O.C11H8N.Ir/c1-20-17-27-28(19-32-20)34(23-11-6-3-7-12-23)31(33-27)26-14-8-13-25-24-16-15-22(18-29(24)35-30(25)26)21-9-4-2-5-10-21;1-2-6-10(7-3-1)11-8-4-5-9-12-11;/h2-13,15-19H,1H3;1-6,8-9H;/q2*-1;. The molecule has 5 nitrogen and oxygen atoms in total. The second-order valence-corrected chi connectivity index (χ2v) is 11.2. The minimum atomic E-state index is 0. The summed E-state index contributed by atoms with van der Waals surface area (Å²) in [5.74, 6) is 0.784. The Labute approximate surface area is 291 Å². The van der Waals surface area contributed by atoms with Crippen molar-refractivity contribution < 1.29 is 24.5 Å². The molecule has 0 amide bonds. The number of furan rings is 1. The van der Waals surface area contributed by atoms with Crippen molar-refractivity contribution in [2.24, 2.45) is 0 Å². The van der Waals surface area contributed by atoms with E-state index >= 15 is 0 Å². The number of fused-ring (bicyclic) bond motifs is 4. The summed E-state index contributed by atoms with van der Waals surface area (Å²) in [6.07, 6.45) is 3.68. The average Bonchev–Trinajstić information content (AvgIpc) is 3.71. The second-order valence-electron chi connectivity index (χ2n) is 11.2. The Kier molecular flexibility index (Phi) is 8.76. The third-order valence-corrected chi connectivity index (χ3v) is 8.11. The first-order valence-corrected chi connectivity index (χ1v) is 15.4. The van der Waals surface area contributed by atoms with Gasteiger partial charge < -0.3 is 14.0 Å². The van der Waals surface area contributed by atoms with Crippen LogP contribution in [0.1, 0.15) is 5.69 Å². The first kappa shape index (κ1) is 30.9. The van der Waals surface area contributed by atoms with Crippen LogP contribution in [-0.2, 0) is 20.1 Å². The fourth-order valence-corrected chi connectivity index (χ4v) is 5.88. The minimum absolute atomic E-state index is 0. The van der Waals surface area contributed by atoms with E-state index in [9.17, 15) is 0 Å². The van der Waals surface area contributed by atoms with Crippen LogP contribution in [0.2, 0.25) is 0 Å². The van der Waals surface area contributed by atoms with Gasteiger partial charge in [-0.05, 0) is 54.1 Å². The molecule has 9 rings (SSSR count). The second kappa shape index (κ2) is 13.6. The Morgan fingerprint density at radius 3 is 2.23 bits per heavy atom. The van der Waals surface area contributed by atoms with Gasteiger partial charge in [0.1, 0.15) is 5.58 Å². The van der Waals surface area contributed by atoms with Gasteiger partial charge in [-0.2, -0.15) is 0 Å². The monoisotopic (exact) mass is 797 g/mol. The van der Waals surface area contributed by atoms with Crippen LogP contribution in [0.15, 0.2) is 156 Å². The van der Waals surface area contributed by atoms with Crippen LogP contribution in [0.4, 0.5) is 0 Å². The zero-order chi connectivity index (χ0) is 31.6. The third-order valence-electron chi connectivity index (χ3n) is 8.11. The molecule has 5 aromatic carbocycles. The summed E-state index contributed by atoms with van der Waals surface area (Å²) in [5, 5.41) is 2.13. The van der Waals surface area contributed by atoms with Gasteiger partial charge >= 0.3 is 0 Å². The van der Waals surface area contributed by atoms with Crippen molar-refractivity contribution in [1.82, 2.24) is 19.5 Å². The molecular weight excluding hydrogens is 769 g/mol. The molecule has 0 spiro atoms. The van der Waals surface area contributed by atoms with Crippen molar-refractivity contribution in [2.45, 2.75) is 6.92 Å². The minimum Gasteiger partial charge on any atom is -0.501 e. The molecule has 0 N–H and O–H groups in total. The average molecular weight is 797 g/mol. The van der Waals surface area contributed by atoms with Crippen LogP contribution in [0.3, 0.4) is 0 Å². The van der Waals surface area contributed by atoms with Crippen LogP contribution in [0.5, 0.6) is 0 Å². The molecule has 1 radical (unpaired) electrons. The molecular formula is C42H28IrN4O-2. The maximum atomic E-state index is 6.51. The number of hydrogen-bond donors (Lipinski definition) is 0. The molecule has 233 valence electrons. The van der Waals surface area contributed by atoms with Gasteiger partial charge in [-0.1, -0.05) is 83.7 Å². The molecule has 0 aliphatic rings. The fraction of sp³-hybridized carbons (Fsp3) is 0.0238. The molecule has 0 unspecified atom stereocenters. The molecule has 0 aliphatic heterocycles. The van der Waals surface area contributed by atoms with Gasteiger partial charge in [0, 0.05) is 43.1 Å². The van der Waals surface area contributed by atoms with Crippen molar-refractivity contribution in [2.75, 3.05) is 0 Å². The van der Waals surface area contributed by atoms with E-state index in [1.54, 1.807) is 6.20 Å². The number of hydrogen-bond acceptors (Lipinski definition) is 4. The largest absolute Gasteiger partial charge is 0.501 e. The van der Waals surface area contributed by atoms with Crippen molar-refractivity contribution in [3.8, 4) is 39.5 Å². The number of rotatable bonds is 4. The number of para-hydroxylation sites is 1. The van der Waals surface area contributed by atoms with Crippen molar-refractivity contribution in [3.05, 3.63) is 170 Å². The first-order chi connectivity index (χ1) is 23.2. The Bertz CT molecular complexity index is 2420. The Hall–Kier alpha value is -5.68. The van der Waals surface area contributed by atoms with Crippen LogP contribution < -0.4 is 0 Å². The van der Waals surface area contributed by atoms with Gasteiger partial charge in [0.15, 0.2) is 0 Å². The van der Waals surface area contributed by atoms with E-state index in [4.69, 9.17) is 9.40 Å². The molecule has 0 bridgehead atoms. The van der Waals surface area contributed by atoms with Gasteiger partial charge in [0.05, 0.1) is 28.6 Å². The van der Waals surface area contributed by atoms with E-state index in [0.717, 1.165) is 78.1 Å². The SMILES string of the molecule is Cc1cc2nc(-c3[c-]ccc4c3oc3cc(-c5ccccc5)ccc34)n(-c3ccccc3)c2cn1.[Ir].[c-]1ccccc1-c1ccccn1. The summed E-state index contributed by atoms with van der Waals surface area (Å²) < 4.78 is 8.65. The normalized spacial score (nSPS) is 10.9. The molecule has 4 heterocycles. The smallest absolute Gasteiger partial charge is 0.121 e. The van der Waals surface area contributed by atoms with Crippen molar-refractivity contribution in [3.63, 3.8) is 0 Å². The van der Waals surface area contributed by atoms with E-state index in [0.29, 0.717) is 0 Å². The maximum Gasteiger partial charge on any atom is 0.121 e. The Morgan fingerprint density at radius 2 is 1.46 bits per heavy atom. The number of benzene rings is 5. The number of pyridine rings is 2. The summed E-state index contributed by atoms with van der Waals surface area (Å²) in [7, 11) is 0. The number of nitrogens with zero attached hydrogens (tertiary/aromatic N) is 4. The Balaban J connectivity index is 0.000000237. The molecule has 0 fully saturated rings. The van der Waals surface area contributed by atoms with E-state index in [2.05, 4.69) is 87.3 Å². The molecule has 6 heteroatoms. The van der Waals surface area contributed by atoms with E-state index < -0.39 is 0 Å². The van der Waals surface area contributed by atoms with Crippen LogP contribution >= 0.6 is 0 Å². The summed E-state index contributed by atoms with van der Waals surface area (Å²) in [4.78, 5) is 13.8. The summed E-state index contributed by atoms with van der Waals surface area (Å²) in [6.45, 7) is 1.98. The topological polar surface area (TPSA) is 56.7 Å². The van der Waals surface area contributed by atoms with Crippen LogP contribution in [0, 0.1) is 19.1 Å². The molecule has 0 saturated heterocycles. The molecule has 0 aliphatic carbocycles. The van der Waals surface area contributed by atoms with Crippen molar-refractivity contribution in [1.29, 1.82) is 0 Å². The third kappa shape index (κ3) is 5.95. The van der Waals surface area contributed by atoms with E-state index in [-0.39, 0.29) is 20.1 Å².